The van der Waals surface area contributed by atoms with Crippen LogP contribution in [-0.2, 0) is 4.79 Å². The molecule has 0 aliphatic heterocycles. The number of urea groups is 1. The summed E-state index contributed by atoms with van der Waals surface area (Å²) in [6.07, 6.45) is 9.32. The fourth-order valence-corrected chi connectivity index (χ4v) is 6.62. The molecule has 0 bridgehead atoms. The Labute approximate surface area is 261 Å². The zero-order valence-electron chi connectivity index (χ0n) is 28.1. The van der Waals surface area contributed by atoms with Gasteiger partial charge in [0.2, 0.25) is 5.92 Å². The maximum atomic E-state index is 14.1. The number of ketones is 1. The minimum Gasteiger partial charge on any atom is -0.389 e. The first-order chi connectivity index (χ1) is 20.2. The topological polar surface area (TPSA) is 82.3 Å². The third kappa shape index (κ3) is 13.7. The summed E-state index contributed by atoms with van der Waals surface area (Å²) >= 11 is 0. The molecule has 248 valence electrons. The Morgan fingerprint density at radius 1 is 1.00 bits per heavy atom. The van der Waals surface area contributed by atoms with Crippen molar-refractivity contribution < 1.29 is 18.4 Å². The van der Waals surface area contributed by atoms with Crippen LogP contribution in [-0.4, -0.2) is 49.5 Å². The van der Waals surface area contributed by atoms with Crippen LogP contribution in [0.25, 0.3) is 0 Å². The molecule has 2 rings (SSSR count). The lowest BCUT2D eigenvalue weighted by molar-refractivity contribution is -0.123. The summed E-state index contributed by atoms with van der Waals surface area (Å²) in [5, 5.41) is 12.9. The van der Waals surface area contributed by atoms with E-state index in [2.05, 4.69) is 69.0 Å². The Hall–Kier alpha value is -1.96. The normalized spacial score (nSPS) is 21.4. The minimum atomic E-state index is -2.69. The van der Waals surface area contributed by atoms with Crippen molar-refractivity contribution >= 4 is 11.8 Å². The Bertz CT molecular complexity index is 904. The number of likely N-dealkylation sites (N-methyl/N-ethyl adjacent to an activating group) is 1. The molecule has 2 fully saturated rings. The van der Waals surface area contributed by atoms with E-state index in [4.69, 9.17) is 0 Å². The molecule has 0 aromatic rings. The molecule has 2 amide bonds. The van der Waals surface area contributed by atoms with Crippen LogP contribution in [0, 0.1) is 29.1 Å². The van der Waals surface area contributed by atoms with Gasteiger partial charge in [0.05, 0.1) is 6.04 Å². The van der Waals surface area contributed by atoms with E-state index < -0.39 is 12.0 Å². The number of alkyl halides is 2. The van der Waals surface area contributed by atoms with Crippen LogP contribution in [0.15, 0.2) is 24.4 Å². The molecule has 5 atom stereocenters. The molecule has 8 heteroatoms. The number of rotatable bonds is 20. The van der Waals surface area contributed by atoms with Crippen LogP contribution in [0.4, 0.5) is 13.6 Å². The smallest absolute Gasteiger partial charge is 0.315 e. The molecule has 2 aliphatic carbocycles. The third-order valence-electron chi connectivity index (χ3n) is 9.55. The van der Waals surface area contributed by atoms with Gasteiger partial charge in [-0.1, -0.05) is 79.0 Å². The minimum absolute atomic E-state index is 0.0550. The van der Waals surface area contributed by atoms with E-state index >= 15 is 0 Å². The van der Waals surface area contributed by atoms with Crippen LogP contribution in [0.5, 0.6) is 0 Å². The summed E-state index contributed by atoms with van der Waals surface area (Å²) in [6, 6.07) is -0.900. The molecule has 0 aromatic heterocycles. The summed E-state index contributed by atoms with van der Waals surface area (Å²) in [6.45, 7) is 22.1. The predicted octanol–water partition coefficient (Wildman–Crippen LogP) is 7.76. The molecule has 43 heavy (non-hydrogen) atoms. The zero-order chi connectivity index (χ0) is 32.2. The van der Waals surface area contributed by atoms with Crippen LogP contribution < -0.4 is 21.3 Å². The van der Waals surface area contributed by atoms with Gasteiger partial charge in [0, 0.05) is 43.6 Å². The van der Waals surface area contributed by atoms with Gasteiger partial charge in [-0.05, 0) is 75.2 Å². The molecule has 3 unspecified atom stereocenters. The van der Waals surface area contributed by atoms with Crippen molar-refractivity contribution in [3.8, 4) is 0 Å². The van der Waals surface area contributed by atoms with E-state index in [0.29, 0.717) is 31.2 Å². The number of carbonyl (C=O) groups is 2. The summed E-state index contributed by atoms with van der Waals surface area (Å²) in [7, 11) is 0. The fraction of sp³-hybridized carbons (Fsp3) is 0.829. The monoisotopic (exact) mass is 608 g/mol. The highest BCUT2D eigenvalue weighted by molar-refractivity contribution is 5.89. The van der Waals surface area contributed by atoms with E-state index in [0.717, 1.165) is 89.1 Å². The maximum Gasteiger partial charge on any atom is 0.315 e. The molecule has 0 aromatic carbocycles. The highest BCUT2D eigenvalue weighted by Crippen LogP contribution is 2.49. The van der Waals surface area contributed by atoms with Crippen LogP contribution in [0.2, 0.25) is 0 Å². The first-order valence-electron chi connectivity index (χ1n) is 16.9. The summed E-state index contributed by atoms with van der Waals surface area (Å²) in [5.74, 6) is -1.65. The molecular formula is C35H62F2N4O2. The largest absolute Gasteiger partial charge is 0.389 e. The van der Waals surface area contributed by atoms with Crippen molar-refractivity contribution in [2.24, 2.45) is 29.1 Å². The summed E-state index contributed by atoms with van der Waals surface area (Å²) < 4.78 is 26.6. The molecular weight excluding hydrogens is 546 g/mol. The van der Waals surface area contributed by atoms with E-state index in [1.54, 1.807) is 0 Å². The Kier molecular flexibility index (Phi) is 15.2. The lowest BCUT2D eigenvalue weighted by Crippen LogP contribution is -2.54. The van der Waals surface area contributed by atoms with Crippen molar-refractivity contribution in [1.82, 2.24) is 21.3 Å². The first kappa shape index (κ1) is 37.2. The summed E-state index contributed by atoms with van der Waals surface area (Å²) in [4.78, 5) is 27.5. The van der Waals surface area contributed by atoms with Gasteiger partial charge in [-0.3, -0.25) is 4.79 Å². The van der Waals surface area contributed by atoms with Gasteiger partial charge in [0.1, 0.15) is 0 Å². The molecule has 0 saturated heterocycles. The van der Waals surface area contributed by atoms with Crippen molar-refractivity contribution in [2.45, 2.75) is 137 Å². The van der Waals surface area contributed by atoms with Crippen molar-refractivity contribution in [3.63, 3.8) is 0 Å². The second kappa shape index (κ2) is 17.5. The lowest BCUT2D eigenvalue weighted by atomic mass is 9.79. The number of hydrogen-bond acceptors (Lipinski definition) is 4. The third-order valence-corrected chi connectivity index (χ3v) is 9.55. The molecule has 4 N–H and O–H groups in total. The molecule has 2 saturated carbocycles. The van der Waals surface area contributed by atoms with E-state index in [-0.39, 0.29) is 41.5 Å². The standard InChI is InChI=1S/C35H62F2N4O2/c1-9-26-21-29(26)28(25(4)39-20-14-19-35(8,36)37)22-30(42)32(27-15-12-11-13-16-27)41-33(43)40-31(34(5,6)7)18-17-24(3)23-38-10-2/h26-29,31-32,38-39H,3-4,9-23H2,1-2,5-8H3,(H2,40,41,43)/t26-,28?,29+,31?,32?/m1/s1. The average Bonchev–Trinajstić information content (AvgIpc) is 3.72. The first-order valence-corrected chi connectivity index (χ1v) is 16.9. The number of nitrogens with one attached hydrogen (secondary N) is 4. The number of amides is 2. The lowest BCUT2D eigenvalue weighted by Gasteiger charge is -2.35. The van der Waals surface area contributed by atoms with Gasteiger partial charge in [-0.2, -0.15) is 0 Å². The van der Waals surface area contributed by atoms with Crippen LogP contribution in [0.3, 0.4) is 0 Å². The summed E-state index contributed by atoms with van der Waals surface area (Å²) in [5.41, 5.74) is 1.73. The van der Waals surface area contributed by atoms with Gasteiger partial charge in [0.25, 0.3) is 0 Å². The van der Waals surface area contributed by atoms with Crippen molar-refractivity contribution in [2.75, 3.05) is 19.6 Å². The number of carbonyl (C=O) groups excluding carboxylic acids is 2. The molecule has 0 heterocycles. The van der Waals surface area contributed by atoms with Crippen LogP contribution >= 0.6 is 0 Å². The van der Waals surface area contributed by atoms with E-state index in [1.165, 1.54) is 0 Å². The second-order valence-electron chi connectivity index (χ2n) is 14.5. The quantitative estimate of drug-likeness (QED) is 0.0841. The highest BCUT2D eigenvalue weighted by atomic mass is 19.3. The Morgan fingerprint density at radius 3 is 2.23 bits per heavy atom. The van der Waals surface area contributed by atoms with Crippen LogP contribution in [0.1, 0.15) is 119 Å². The van der Waals surface area contributed by atoms with Gasteiger partial charge < -0.3 is 21.3 Å². The molecule has 0 radical (unpaired) electrons. The average molecular weight is 609 g/mol. The number of allylic oxidation sites excluding steroid dienone is 1. The fourth-order valence-electron chi connectivity index (χ4n) is 6.62. The highest BCUT2D eigenvalue weighted by Gasteiger charge is 2.44. The second-order valence-corrected chi connectivity index (χ2v) is 14.5. The Balaban J connectivity index is 2.11. The SMILES string of the molecule is C=C(CCC(NC(=O)NC(C(=O)CC(C(=C)NCCCC(C)(F)F)[C@H]1C[C@H]1CC)C1CCCCC1)C(C)(C)C)CNCC. The molecule has 6 nitrogen and oxygen atoms in total. The van der Waals surface area contributed by atoms with Gasteiger partial charge >= 0.3 is 6.03 Å². The predicted molar refractivity (Wildman–Crippen MR) is 174 cm³/mol. The van der Waals surface area contributed by atoms with E-state index in [9.17, 15) is 18.4 Å². The number of hydrogen-bond donors (Lipinski definition) is 4. The van der Waals surface area contributed by atoms with Crippen molar-refractivity contribution in [1.29, 1.82) is 0 Å². The Morgan fingerprint density at radius 2 is 1.67 bits per heavy atom. The van der Waals surface area contributed by atoms with Crippen molar-refractivity contribution in [3.05, 3.63) is 24.4 Å². The van der Waals surface area contributed by atoms with Gasteiger partial charge in [-0.25, -0.2) is 13.6 Å². The maximum absolute atomic E-state index is 14.1. The molecule has 0 spiro atoms. The van der Waals surface area contributed by atoms with Gasteiger partial charge in [-0.15, -0.1) is 0 Å². The number of halogens is 2. The zero-order valence-corrected chi connectivity index (χ0v) is 28.1. The van der Waals surface area contributed by atoms with Gasteiger partial charge in [0.15, 0.2) is 5.78 Å². The number of Topliss-reactive ketones (excluding diaryl/α,β-unsaturated/α-hetero) is 1. The molecule has 2 aliphatic rings. The van der Waals surface area contributed by atoms with E-state index in [1.807, 2.05) is 0 Å².